The summed E-state index contributed by atoms with van der Waals surface area (Å²) in [6.45, 7) is 4.48. The summed E-state index contributed by atoms with van der Waals surface area (Å²) in [7, 11) is 0. The van der Waals surface area contributed by atoms with Crippen LogP contribution in [0.2, 0.25) is 0 Å². The molecule has 0 saturated heterocycles. The van der Waals surface area contributed by atoms with Gasteiger partial charge in [0.1, 0.15) is 0 Å². The molecule has 98 valence electrons. The Balaban J connectivity index is 1.66. The maximum Gasteiger partial charge on any atom is 0.0123 e. The summed E-state index contributed by atoms with van der Waals surface area (Å²) in [6, 6.07) is 0. The normalized spacial score (nSPS) is 47.1. The largest absolute Gasteiger partial charge is 0.325 e. The lowest BCUT2D eigenvalue weighted by molar-refractivity contribution is -0.0604. The Labute approximate surface area is 107 Å². The van der Waals surface area contributed by atoms with Gasteiger partial charge in [-0.15, -0.1) is 0 Å². The number of nitrogens with two attached hydrogens (primary N) is 1. The molecule has 0 aromatic carbocycles. The molecule has 0 spiro atoms. The van der Waals surface area contributed by atoms with Gasteiger partial charge in [0.2, 0.25) is 0 Å². The van der Waals surface area contributed by atoms with Gasteiger partial charge in [-0.05, 0) is 87.9 Å². The van der Waals surface area contributed by atoms with Crippen LogP contribution in [-0.2, 0) is 0 Å². The standard InChI is InChI=1S/C16H29N/c1-3-15(2,17)4-5-16-9-12-6-13(10-16)8-14(7-12)11-16/h12-14H,3-11,17H2,1-2H3. The van der Waals surface area contributed by atoms with Gasteiger partial charge in [0, 0.05) is 5.54 Å². The first-order chi connectivity index (χ1) is 8.00. The average Bonchev–Trinajstić information content (AvgIpc) is 2.25. The third kappa shape index (κ3) is 2.28. The van der Waals surface area contributed by atoms with Crippen molar-refractivity contribution in [1.29, 1.82) is 0 Å². The van der Waals surface area contributed by atoms with E-state index in [1.807, 2.05) is 0 Å². The lowest BCUT2D eigenvalue weighted by Crippen LogP contribution is -2.47. The Bertz CT molecular complexity index is 257. The highest BCUT2D eigenvalue weighted by molar-refractivity contribution is 5.02. The molecular weight excluding hydrogens is 206 g/mol. The van der Waals surface area contributed by atoms with Crippen LogP contribution in [0.3, 0.4) is 0 Å². The van der Waals surface area contributed by atoms with Gasteiger partial charge in [-0.25, -0.2) is 0 Å². The van der Waals surface area contributed by atoms with Gasteiger partial charge in [0.15, 0.2) is 0 Å². The summed E-state index contributed by atoms with van der Waals surface area (Å²) in [5, 5.41) is 0. The predicted molar refractivity (Wildman–Crippen MR) is 72.7 cm³/mol. The fourth-order valence-corrected chi connectivity index (χ4v) is 5.32. The topological polar surface area (TPSA) is 26.0 Å². The molecule has 1 unspecified atom stereocenters. The molecule has 17 heavy (non-hydrogen) atoms. The highest BCUT2D eigenvalue weighted by atomic mass is 14.7. The van der Waals surface area contributed by atoms with Crippen molar-refractivity contribution in [3.05, 3.63) is 0 Å². The minimum absolute atomic E-state index is 0.0866. The van der Waals surface area contributed by atoms with Crippen LogP contribution in [0.4, 0.5) is 0 Å². The van der Waals surface area contributed by atoms with Crippen molar-refractivity contribution in [3.63, 3.8) is 0 Å². The zero-order valence-corrected chi connectivity index (χ0v) is 11.7. The van der Waals surface area contributed by atoms with Crippen molar-refractivity contribution in [2.24, 2.45) is 28.9 Å². The van der Waals surface area contributed by atoms with Crippen LogP contribution in [0.1, 0.15) is 71.6 Å². The molecule has 4 bridgehead atoms. The zero-order valence-electron chi connectivity index (χ0n) is 11.7. The highest BCUT2D eigenvalue weighted by Gasteiger charge is 2.50. The second-order valence-electron chi connectivity index (χ2n) is 7.93. The highest BCUT2D eigenvalue weighted by Crippen LogP contribution is 2.61. The Morgan fingerprint density at radius 1 is 1.06 bits per heavy atom. The summed E-state index contributed by atoms with van der Waals surface area (Å²) in [4.78, 5) is 0. The number of rotatable bonds is 4. The Hall–Kier alpha value is -0.0400. The molecule has 2 N–H and O–H groups in total. The summed E-state index contributed by atoms with van der Waals surface area (Å²) < 4.78 is 0. The molecule has 0 heterocycles. The quantitative estimate of drug-likeness (QED) is 0.779. The van der Waals surface area contributed by atoms with Crippen molar-refractivity contribution >= 4 is 0 Å². The van der Waals surface area contributed by atoms with E-state index in [4.69, 9.17) is 5.73 Å². The van der Waals surface area contributed by atoms with E-state index in [2.05, 4.69) is 13.8 Å². The van der Waals surface area contributed by atoms with E-state index < -0.39 is 0 Å². The molecule has 0 aliphatic heterocycles. The van der Waals surface area contributed by atoms with Crippen LogP contribution in [0.15, 0.2) is 0 Å². The first kappa shape index (κ1) is 12.0. The van der Waals surface area contributed by atoms with Gasteiger partial charge in [-0.1, -0.05) is 6.92 Å². The summed E-state index contributed by atoms with van der Waals surface area (Å²) in [6.07, 6.45) is 13.1. The van der Waals surface area contributed by atoms with Gasteiger partial charge in [0.25, 0.3) is 0 Å². The minimum atomic E-state index is 0.0866. The molecule has 4 aliphatic rings. The van der Waals surface area contributed by atoms with E-state index in [9.17, 15) is 0 Å². The van der Waals surface area contributed by atoms with E-state index in [1.54, 1.807) is 38.5 Å². The van der Waals surface area contributed by atoms with Gasteiger partial charge in [-0.2, -0.15) is 0 Å². The summed E-state index contributed by atoms with van der Waals surface area (Å²) in [5.74, 6) is 3.27. The zero-order chi connectivity index (χ0) is 12.1. The Kier molecular flexibility index (Phi) is 2.81. The van der Waals surface area contributed by atoms with E-state index >= 15 is 0 Å². The third-order valence-electron chi connectivity index (χ3n) is 6.20. The van der Waals surface area contributed by atoms with Crippen LogP contribution < -0.4 is 5.73 Å². The van der Waals surface area contributed by atoms with Gasteiger partial charge in [-0.3, -0.25) is 0 Å². The average molecular weight is 235 g/mol. The van der Waals surface area contributed by atoms with Crippen LogP contribution >= 0.6 is 0 Å². The van der Waals surface area contributed by atoms with Crippen LogP contribution in [-0.4, -0.2) is 5.54 Å². The smallest absolute Gasteiger partial charge is 0.0123 e. The molecule has 0 amide bonds. The second kappa shape index (κ2) is 3.98. The molecule has 0 aromatic heterocycles. The van der Waals surface area contributed by atoms with E-state index in [-0.39, 0.29) is 5.54 Å². The van der Waals surface area contributed by atoms with Gasteiger partial charge < -0.3 is 5.73 Å². The van der Waals surface area contributed by atoms with Crippen LogP contribution in [0.25, 0.3) is 0 Å². The molecule has 4 saturated carbocycles. The molecular formula is C16H29N. The monoisotopic (exact) mass is 235 g/mol. The molecule has 0 aromatic rings. The van der Waals surface area contributed by atoms with E-state index in [0.717, 1.165) is 29.6 Å². The van der Waals surface area contributed by atoms with Gasteiger partial charge in [0.05, 0.1) is 0 Å². The molecule has 0 radical (unpaired) electrons. The summed E-state index contributed by atoms with van der Waals surface area (Å²) in [5.41, 5.74) is 7.16. The molecule has 4 fully saturated rings. The maximum atomic E-state index is 6.35. The van der Waals surface area contributed by atoms with Crippen LogP contribution in [0, 0.1) is 23.2 Å². The van der Waals surface area contributed by atoms with Crippen molar-refractivity contribution in [2.75, 3.05) is 0 Å². The second-order valence-corrected chi connectivity index (χ2v) is 7.93. The van der Waals surface area contributed by atoms with Crippen molar-refractivity contribution in [1.82, 2.24) is 0 Å². The molecule has 1 nitrogen and oxygen atoms in total. The Morgan fingerprint density at radius 2 is 1.53 bits per heavy atom. The van der Waals surface area contributed by atoms with Crippen molar-refractivity contribution < 1.29 is 0 Å². The first-order valence-electron chi connectivity index (χ1n) is 7.79. The maximum absolute atomic E-state index is 6.35. The predicted octanol–water partition coefficient (Wildman–Crippen LogP) is 4.11. The van der Waals surface area contributed by atoms with Gasteiger partial charge >= 0.3 is 0 Å². The molecule has 1 heteroatoms. The fourth-order valence-electron chi connectivity index (χ4n) is 5.32. The lowest BCUT2D eigenvalue weighted by Gasteiger charge is -2.57. The molecule has 1 atom stereocenters. The molecule has 4 aliphatic carbocycles. The van der Waals surface area contributed by atoms with E-state index in [0.29, 0.717) is 0 Å². The van der Waals surface area contributed by atoms with E-state index in [1.165, 1.54) is 12.8 Å². The summed E-state index contributed by atoms with van der Waals surface area (Å²) >= 11 is 0. The molecule has 4 rings (SSSR count). The van der Waals surface area contributed by atoms with Crippen molar-refractivity contribution in [3.8, 4) is 0 Å². The minimum Gasteiger partial charge on any atom is -0.325 e. The number of hydrogen-bond acceptors (Lipinski definition) is 1. The third-order valence-corrected chi connectivity index (χ3v) is 6.20. The van der Waals surface area contributed by atoms with Crippen LogP contribution in [0.5, 0.6) is 0 Å². The SMILES string of the molecule is CCC(C)(N)CCC12CC3CC(CC(C3)C1)C2. The fraction of sp³-hybridized carbons (Fsp3) is 1.00. The lowest BCUT2D eigenvalue weighted by atomic mass is 9.48. The number of hydrogen-bond donors (Lipinski definition) is 1. The first-order valence-corrected chi connectivity index (χ1v) is 7.79. The Morgan fingerprint density at radius 3 is 1.94 bits per heavy atom. The van der Waals surface area contributed by atoms with Crippen molar-refractivity contribution in [2.45, 2.75) is 77.2 Å².